The molecule has 1 aliphatic heterocycles. The number of aromatic nitrogens is 3. The minimum atomic E-state index is -2.96. The lowest BCUT2D eigenvalue weighted by Crippen LogP contribution is -2.50. The summed E-state index contributed by atoms with van der Waals surface area (Å²) in [6.45, 7) is -0.138. The Bertz CT molecular complexity index is 1700. The summed E-state index contributed by atoms with van der Waals surface area (Å²) >= 11 is 0. The van der Waals surface area contributed by atoms with Gasteiger partial charge in [0, 0.05) is 30.4 Å². The van der Waals surface area contributed by atoms with Gasteiger partial charge in [0.1, 0.15) is 12.4 Å². The maximum Gasteiger partial charge on any atom is 0.442 e. The molecule has 0 radical (unpaired) electrons. The first-order chi connectivity index (χ1) is 20.7. The molecule has 0 aliphatic carbocycles. The van der Waals surface area contributed by atoms with Gasteiger partial charge in [-0.15, -0.1) is 14.6 Å². The average molecular weight is 615 g/mol. The largest absolute Gasteiger partial charge is 0.443 e. The maximum absolute atomic E-state index is 15.2. The Balaban J connectivity index is 1.28. The van der Waals surface area contributed by atoms with Crippen LogP contribution in [0.1, 0.15) is 23.4 Å². The summed E-state index contributed by atoms with van der Waals surface area (Å²) in [7, 11) is -2.95. The summed E-state index contributed by atoms with van der Waals surface area (Å²) in [6, 6.07) is 15.6. The molecule has 15 heteroatoms. The van der Waals surface area contributed by atoms with E-state index >= 15 is 4.39 Å². The highest BCUT2D eigenvalue weighted by Gasteiger charge is 2.30. The van der Waals surface area contributed by atoms with E-state index in [2.05, 4.69) is 19.5 Å². The lowest BCUT2D eigenvalue weighted by Gasteiger charge is -2.33. The van der Waals surface area contributed by atoms with Gasteiger partial charge in [-0.25, -0.2) is 18.2 Å². The monoisotopic (exact) mass is 614 g/mol. The van der Waals surface area contributed by atoms with Gasteiger partial charge in [0.25, 0.3) is 5.89 Å². The molecule has 11 nitrogen and oxygen atoms in total. The van der Waals surface area contributed by atoms with Crippen molar-refractivity contribution < 1.29 is 36.1 Å². The Hall–Kier alpha value is -4.79. The summed E-state index contributed by atoms with van der Waals surface area (Å²) < 4.78 is 67.8. The van der Waals surface area contributed by atoms with E-state index in [1.807, 2.05) is 6.07 Å². The molecule has 1 aliphatic rings. The van der Waals surface area contributed by atoms with E-state index in [1.54, 1.807) is 36.4 Å². The van der Waals surface area contributed by atoms with Crippen molar-refractivity contribution in [3.63, 3.8) is 0 Å². The van der Waals surface area contributed by atoms with E-state index < -0.39 is 40.0 Å². The van der Waals surface area contributed by atoms with Crippen LogP contribution in [-0.4, -0.2) is 61.0 Å². The molecule has 4 aromatic rings. The molecule has 5 rings (SSSR count). The van der Waals surface area contributed by atoms with Crippen molar-refractivity contribution in [3.8, 4) is 11.5 Å². The second-order valence-corrected chi connectivity index (χ2v) is 12.0. The highest BCUT2D eigenvalue weighted by Crippen LogP contribution is 2.27. The van der Waals surface area contributed by atoms with Gasteiger partial charge in [0.15, 0.2) is 0 Å². The third-order valence-electron chi connectivity index (χ3n) is 6.52. The van der Waals surface area contributed by atoms with Gasteiger partial charge in [0.05, 0.1) is 39.7 Å². The summed E-state index contributed by atoms with van der Waals surface area (Å²) in [5.41, 5.74) is 1.36. The van der Waals surface area contributed by atoms with Crippen LogP contribution in [0, 0.1) is 5.82 Å². The molecule has 3 amide bonds. The quantitative estimate of drug-likeness (QED) is 0.268. The minimum Gasteiger partial charge on any atom is -0.443 e. The molecule has 43 heavy (non-hydrogen) atoms. The maximum atomic E-state index is 15.2. The van der Waals surface area contributed by atoms with Crippen LogP contribution in [0.2, 0.25) is 0 Å². The predicted molar refractivity (Wildman–Crippen MR) is 149 cm³/mol. The molecule has 0 saturated carbocycles. The predicted octanol–water partition coefficient (Wildman–Crippen LogP) is 5.46. The fourth-order valence-electron chi connectivity index (χ4n) is 4.26. The summed E-state index contributed by atoms with van der Waals surface area (Å²) in [4.78, 5) is 32.7. The second kappa shape index (κ2) is 13.0. The molecule has 0 bridgehead atoms. The molecule has 0 atom stereocenters. The number of pyridine rings is 1. The van der Waals surface area contributed by atoms with Crippen LogP contribution in [0.25, 0.3) is 11.5 Å². The topological polar surface area (TPSA) is 131 Å². The van der Waals surface area contributed by atoms with Crippen molar-refractivity contribution in [1.82, 2.24) is 20.1 Å². The van der Waals surface area contributed by atoms with Crippen molar-refractivity contribution >= 4 is 27.5 Å². The number of hydrogen-bond acceptors (Lipinski definition) is 8. The van der Waals surface area contributed by atoms with E-state index in [-0.39, 0.29) is 54.8 Å². The van der Waals surface area contributed by atoms with E-state index in [0.29, 0.717) is 5.69 Å². The van der Waals surface area contributed by atoms with Gasteiger partial charge in [-0.05, 0) is 29.8 Å². The average Bonchev–Trinajstić information content (AvgIpc) is 3.51. The zero-order valence-corrected chi connectivity index (χ0v) is 23.3. The van der Waals surface area contributed by atoms with Crippen molar-refractivity contribution in [1.29, 1.82) is 0 Å². The lowest BCUT2D eigenvalue weighted by atomic mass is 10.1. The molecule has 2 aromatic carbocycles. The number of alkyl halides is 2. The fraction of sp³-hybridized carbons (Fsp3) is 0.250. The van der Waals surface area contributed by atoms with Crippen LogP contribution in [0.5, 0.6) is 0 Å². The van der Waals surface area contributed by atoms with Gasteiger partial charge in [-0.3, -0.25) is 9.88 Å². The highest BCUT2D eigenvalue weighted by atomic mass is 32.2. The minimum absolute atomic E-state index is 0.00737. The summed E-state index contributed by atoms with van der Waals surface area (Å²) in [5, 5.41) is 6.77. The van der Waals surface area contributed by atoms with E-state index in [0.717, 1.165) is 11.6 Å². The molecule has 1 fully saturated rings. The molecule has 1 saturated heterocycles. The molecular weight excluding hydrogens is 589 g/mol. The lowest BCUT2D eigenvalue weighted by molar-refractivity contribution is 0.116. The molecule has 3 heterocycles. The van der Waals surface area contributed by atoms with Crippen LogP contribution in [0.15, 0.2) is 81.8 Å². The number of ether oxygens (including phenoxy) is 1. The van der Waals surface area contributed by atoms with Crippen molar-refractivity contribution in [2.24, 2.45) is 4.36 Å². The molecular formula is C28H25F3N6O5S. The van der Waals surface area contributed by atoms with Crippen LogP contribution in [0.3, 0.4) is 0 Å². The second-order valence-electron chi connectivity index (χ2n) is 9.43. The molecule has 2 aromatic heterocycles. The third-order valence-corrected chi connectivity index (χ3v) is 8.64. The number of carbonyl (C=O) groups excluding carboxylic acids is 2. The van der Waals surface area contributed by atoms with Gasteiger partial charge in [0.2, 0.25) is 5.89 Å². The Morgan fingerprint density at radius 2 is 1.84 bits per heavy atom. The number of urea groups is 1. The first kappa shape index (κ1) is 29.7. The Morgan fingerprint density at radius 3 is 2.49 bits per heavy atom. The molecule has 0 N–H and O–H groups in total. The van der Waals surface area contributed by atoms with E-state index in [4.69, 9.17) is 9.15 Å². The number of rotatable bonds is 7. The van der Waals surface area contributed by atoms with Crippen LogP contribution in [0.4, 0.5) is 28.4 Å². The normalized spacial score (nSPS) is 14.4. The van der Waals surface area contributed by atoms with Gasteiger partial charge in [-0.2, -0.15) is 8.78 Å². The van der Waals surface area contributed by atoms with Crippen LogP contribution < -0.4 is 4.90 Å². The van der Waals surface area contributed by atoms with Gasteiger partial charge in [-0.1, -0.05) is 36.4 Å². The number of nitrogens with zero attached hydrogens (tertiary/aromatic N) is 6. The van der Waals surface area contributed by atoms with Gasteiger partial charge >= 0.3 is 18.5 Å². The van der Waals surface area contributed by atoms with E-state index in [1.165, 1.54) is 34.3 Å². The SMILES string of the molecule is O=C(N=S1(=O)CCN(C(=O)N(Cc2ccc(-c3nnc(C(F)F)o3)cc2F)c2cccnc2)CC1)OCc1ccccc1. The van der Waals surface area contributed by atoms with Crippen LogP contribution >= 0.6 is 0 Å². The Labute approximate surface area is 244 Å². The number of halogens is 3. The molecule has 0 unspecified atom stereocenters. The first-order valence-electron chi connectivity index (χ1n) is 13.0. The number of hydrogen-bond donors (Lipinski definition) is 0. The zero-order valence-electron chi connectivity index (χ0n) is 22.5. The zero-order chi connectivity index (χ0) is 30.4. The highest BCUT2D eigenvalue weighted by molar-refractivity contribution is 7.94. The number of anilines is 1. The Morgan fingerprint density at radius 1 is 1.07 bits per heavy atom. The van der Waals surface area contributed by atoms with Crippen molar-refractivity contribution in [2.45, 2.75) is 19.6 Å². The number of carbonyl (C=O) groups is 2. The smallest absolute Gasteiger partial charge is 0.442 e. The molecule has 224 valence electrons. The summed E-state index contributed by atoms with van der Waals surface area (Å²) in [5.74, 6) is -1.98. The summed E-state index contributed by atoms with van der Waals surface area (Å²) in [6.07, 6.45) is -0.932. The standard InChI is InChI=1S/C28H25F3N6O5S/c29-23-15-20(25-33-34-26(42-25)24(30)31)8-9-21(23)17-37(22-7-4-10-32-16-22)28(39)36-11-13-43(40,14-12-36)35-27(38)41-18-19-5-2-1-3-6-19/h1-10,15-16,24H,11-14,17-18H2. The molecule has 0 spiro atoms. The third kappa shape index (κ3) is 7.35. The van der Waals surface area contributed by atoms with Crippen molar-refractivity contribution in [2.75, 3.05) is 29.5 Å². The van der Waals surface area contributed by atoms with Crippen LogP contribution in [-0.2, 0) is 27.6 Å². The fourth-order valence-corrected chi connectivity index (χ4v) is 5.98. The Kier molecular flexibility index (Phi) is 8.99. The van der Waals surface area contributed by atoms with Gasteiger partial charge < -0.3 is 14.1 Å². The number of amides is 3. The van der Waals surface area contributed by atoms with E-state index in [9.17, 15) is 22.6 Å². The first-order valence-corrected chi connectivity index (χ1v) is 14.9. The number of benzene rings is 2. The van der Waals surface area contributed by atoms with Crippen molar-refractivity contribution in [3.05, 3.63) is 95.9 Å².